The molecule has 98 valence electrons. The number of halogens is 2. The normalized spacial score (nSPS) is 20.3. The van der Waals surface area contributed by atoms with Gasteiger partial charge in [-0.3, -0.25) is 4.79 Å². The van der Waals surface area contributed by atoms with Crippen molar-refractivity contribution in [3.8, 4) is 0 Å². The standard InChI is InChI=1S/C13H16BrFN2O/c14-10-5-4-9(7-11(10)15)8-17-12-3-1-2-6-16-13(12)18/h4-5,7,12,17H,1-3,6,8H2,(H,16,18). The van der Waals surface area contributed by atoms with Crippen LogP contribution in [0.5, 0.6) is 0 Å². The molecule has 0 bridgehead atoms. The maximum atomic E-state index is 13.3. The Morgan fingerprint density at radius 3 is 3.06 bits per heavy atom. The largest absolute Gasteiger partial charge is 0.355 e. The van der Waals surface area contributed by atoms with Crippen LogP contribution in [0.2, 0.25) is 0 Å². The summed E-state index contributed by atoms with van der Waals surface area (Å²) >= 11 is 3.12. The van der Waals surface area contributed by atoms with Crippen molar-refractivity contribution in [3.05, 3.63) is 34.1 Å². The van der Waals surface area contributed by atoms with Gasteiger partial charge in [0, 0.05) is 13.1 Å². The van der Waals surface area contributed by atoms with E-state index in [2.05, 4.69) is 26.6 Å². The number of hydrogen-bond acceptors (Lipinski definition) is 2. The van der Waals surface area contributed by atoms with E-state index in [1.165, 1.54) is 6.07 Å². The molecule has 3 nitrogen and oxygen atoms in total. The molecule has 5 heteroatoms. The summed E-state index contributed by atoms with van der Waals surface area (Å²) in [6, 6.07) is 4.83. The van der Waals surface area contributed by atoms with E-state index < -0.39 is 0 Å². The predicted octanol–water partition coefficient (Wildman–Crippen LogP) is 2.35. The van der Waals surface area contributed by atoms with Gasteiger partial charge >= 0.3 is 0 Å². The van der Waals surface area contributed by atoms with E-state index in [1.807, 2.05) is 6.07 Å². The molecule has 1 fully saturated rings. The SMILES string of the molecule is O=C1NCCCCC1NCc1ccc(Br)c(F)c1. The fourth-order valence-corrected chi connectivity index (χ4v) is 2.27. The molecule has 2 N–H and O–H groups in total. The number of carbonyl (C=O) groups excluding carboxylic acids is 1. The van der Waals surface area contributed by atoms with Crippen molar-refractivity contribution < 1.29 is 9.18 Å². The highest BCUT2D eigenvalue weighted by atomic mass is 79.9. The third kappa shape index (κ3) is 3.53. The molecule has 0 radical (unpaired) electrons. The van der Waals surface area contributed by atoms with Gasteiger partial charge in [-0.05, 0) is 52.9 Å². The lowest BCUT2D eigenvalue weighted by atomic mass is 10.1. The molecular formula is C13H16BrFN2O. The molecule has 18 heavy (non-hydrogen) atoms. The summed E-state index contributed by atoms with van der Waals surface area (Å²) in [5.74, 6) is -0.232. The Morgan fingerprint density at radius 2 is 2.28 bits per heavy atom. The maximum Gasteiger partial charge on any atom is 0.237 e. The van der Waals surface area contributed by atoms with Crippen LogP contribution in [0.4, 0.5) is 4.39 Å². The van der Waals surface area contributed by atoms with Crippen LogP contribution in [0, 0.1) is 5.82 Å². The second kappa shape index (κ2) is 6.29. The van der Waals surface area contributed by atoms with Gasteiger partial charge in [0.2, 0.25) is 5.91 Å². The quantitative estimate of drug-likeness (QED) is 0.899. The molecule has 0 spiro atoms. The molecular weight excluding hydrogens is 299 g/mol. The highest BCUT2D eigenvalue weighted by Crippen LogP contribution is 2.16. The Bertz CT molecular complexity index is 439. The van der Waals surface area contributed by atoms with E-state index in [0.29, 0.717) is 11.0 Å². The average Bonchev–Trinajstić information content (AvgIpc) is 2.56. The molecule has 1 amide bonds. The van der Waals surface area contributed by atoms with Gasteiger partial charge in [-0.15, -0.1) is 0 Å². The molecule has 1 unspecified atom stereocenters. The lowest BCUT2D eigenvalue weighted by molar-refractivity contribution is -0.122. The number of amides is 1. The summed E-state index contributed by atoms with van der Waals surface area (Å²) in [7, 11) is 0. The second-order valence-corrected chi connectivity index (χ2v) is 5.32. The first-order valence-electron chi connectivity index (χ1n) is 6.12. The minimum absolute atomic E-state index is 0.0464. The van der Waals surface area contributed by atoms with Crippen LogP contribution < -0.4 is 10.6 Å². The fraction of sp³-hybridized carbons (Fsp3) is 0.462. The second-order valence-electron chi connectivity index (χ2n) is 4.47. The zero-order chi connectivity index (χ0) is 13.0. The third-order valence-corrected chi connectivity index (χ3v) is 3.72. The summed E-state index contributed by atoms with van der Waals surface area (Å²) in [5.41, 5.74) is 0.841. The topological polar surface area (TPSA) is 41.1 Å². The first-order valence-corrected chi connectivity index (χ1v) is 6.91. The number of carbonyl (C=O) groups is 1. The molecule has 1 aliphatic heterocycles. The van der Waals surface area contributed by atoms with Gasteiger partial charge in [0.15, 0.2) is 0 Å². The molecule has 1 heterocycles. The third-order valence-electron chi connectivity index (χ3n) is 3.07. The first-order chi connectivity index (χ1) is 8.66. The molecule has 1 saturated heterocycles. The number of hydrogen-bond donors (Lipinski definition) is 2. The van der Waals surface area contributed by atoms with Crippen LogP contribution in [0.15, 0.2) is 22.7 Å². The Hall–Kier alpha value is -0.940. The van der Waals surface area contributed by atoms with Crippen molar-refractivity contribution in [1.29, 1.82) is 0 Å². The van der Waals surface area contributed by atoms with Crippen molar-refractivity contribution in [3.63, 3.8) is 0 Å². The molecule has 0 saturated carbocycles. The van der Waals surface area contributed by atoms with E-state index in [-0.39, 0.29) is 17.8 Å². The predicted molar refractivity (Wildman–Crippen MR) is 71.6 cm³/mol. The monoisotopic (exact) mass is 314 g/mol. The van der Waals surface area contributed by atoms with Gasteiger partial charge in [0.05, 0.1) is 10.5 Å². The van der Waals surface area contributed by atoms with E-state index >= 15 is 0 Å². The van der Waals surface area contributed by atoms with E-state index in [1.54, 1.807) is 6.07 Å². The zero-order valence-electron chi connectivity index (χ0n) is 10.0. The maximum absolute atomic E-state index is 13.3. The molecule has 0 aromatic heterocycles. The summed E-state index contributed by atoms with van der Waals surface area (Å²) in [6.45, 7) is 1.26. The van der Waals surface area contributed by atoms with Crippen molar-refractivity contribution in [2.45, 2.75) is 31.8 Å². The molecule has 0 aliphatic carbocycles. The van der Waals surface area contributed by atoms with Gasteiger partial charge in [0.1, 0.15) is 5.82 Å². The van der Waals surface area contributed by atoms with Crippen LogP contribution >= 0.6 is 15.9 Å². The van der Waals surface area contributed by atoms with Gasteiger partial charge in [-0.2, -0.15) is 0 Å². The van der Waals surface area contributed by atoms with Crippen LogP contribution in [0.3, 0.4) is 0 Å². The minimum Gasteiger partial charge on any atom is -0.355 e. The Labute approximate surface area is 114 Å². The minimum atomic E-state index is -0.278. The lowest BCUT2D eigenvalue weighted by Crippen LogP contribution is -2.42. The summed E-state index contributed by atoms with van der Waals surface area (Å²) in [4.78, 5) is 11.7. The number of nitrogens with one attached hydrogen (secondary N) is 2. The lowest BCUT2D eigenvalue weighted by Gasteiger charge is -2.15. The van der Waals surface area contributed by atoms with Gasteiger partial charge in [-0.1, -0.05) is 6.07 Å². The van der Waals surface area contributed by atoms with Crippen LogP contribution in [-0.2, 0) is 11.3 Å². The average molecular weight is 315 g/mol. The summed E-state index contributed by atoms with van der Waals surface area (Å²) in [6.07, 6.45) is 2.90. The van der Waals surface area contributed by atoms with Crippen LogP contribution in [-0.4, -0.2) is 18.5 Å². The van der Waals surface area contributed by atoms with Crippen molar-refractivity contribution in [2.24, 2.45) is 0 Å². The van der Waals surface area contributed by atoms with E-state index in [4.69, 9.17) is 0 Å². The number of rotatable bonds is 3. The van der Waals surface area contributed by atoms with Crippen molar-refractivity contribution in [1.82, 2.24) is 10.6 Å². The van der Waals surface area contributed by atoms with Gasteiger partial charge in [-0.25, -0.2) is 4.39 Å². The molecule has 1 aromatic carbocycles. The van der Waals surface area contributed by atoms with Crippen molar-refractivity contribution in [2.75, 3.05) is 6.54 Å². The first kappa shape index (κ1) is 13.5. The smallest absolute Gasteiger partial charge is 0.237 e. The van der Waals surface area contributed by atoms with Crippen molar-refractivity contribution >= 4 is 21.8 Å². The molecule has 2 rings (SSSR count). The molecule has 1 aromatic rings. The summed E-state index contributed by atoms with van der Waals surface area (Å²) in [5, 5.41) is 6.05. The molecule has 1 aliphatic rings. The van der Waals surface area contributed by atoms with Crippen LogP contribution in [0.25, 0.3) is 0 Å². The Morgan fingerprint density at radius 1 is 1.44 bits per heavy atom. The highest BCUT2D eigenvalue weighted by Gasteiger charge is 2.19. The van der Waals surface area contributed by atoms with Crippen LogP contribution in [0.1, 0.15) is 24.8 Å². The Kier molecular flexibility index (Phi) is 4.72. The highest BCUT2D eigenvalue weighted by molar-refractivity contribution is 9.10. The number of benzene rings is 1. The molecule has 1 atom stereocenters. The zero-order valence-corrected chi connectivity index (χ0v) is 11.6. The van der Waals surface area contributed by atoms with Gasteiger partial charge < -0.3 is 10.6 Å². The fourth-order valence-electron chi connectivity index (χ4n) is 2.02. The van der Waals surface area contributed by atoms with E-state index in [0.717, 1.165) is 31.4 Å². The Balaban J connectivity index is 1.93. The van der Waals surface area contributed by atoms with Gasteiger partial charge in [0.25, 0.3) is 0 Å². The van der Waals surface area contributed by atoms with E-state index in [9.17, 15) is 9.18 Å². The summed E-state index contributed by atoms with van der Waals surface area (Å²) < 4.78 is 13.8.